The van der Waals surface area contributed by atoms with Gasteiger partial charge >= 0.3 is 0 Å². The molecule has 1 aromatic carbocycles. The second-order valence-corrected chi connectivity index (χ2v) is 2.42. The van der Waals surface area contributed by atoms with E-state index < -0.39 is 12.9 Å². The van der Waals surface area contributed by atoms with Crippen LogP contribution in [0.1, 0.15) is 0 Å². The molecule has 72 valence electrons. The van der Waals surface area contributed by atoms with Crippen LogP contribution in [-0.4, -0.2) is 33.3 Å². The number of para-hydroxylation sites is 1. The van der Waals surface area contributed by atoms with Crippen molar-refractivity contribution < 1.29 is 25.2 Å². The third-order valence-electron chi connectivity index (χ3n) is 1.35. The van der Waals surface area contributed by atoms with Crippen molar-refractivity contribution in [2.75, 3.05) is 6.61 Å². The minimum absolute atomic E-state index is 0.157. The average molecular weight is 186 g/mol. The summed E-state index contributed by atoms with van der Waals surface area (Å²) in [6, 6.07) is 4.07. The van der Waals surface area contributed by atoms with Crippen molar-refractivity contribution in [1.82, 2.24) is 0 Å². The molecule has 0 aliphatic carbocycles. The fourth-order valence-corrected chi connectivity index (χ4v) is 0.819. The average Bonchev–Trinajstić information content (AvgIpc) is 2.03. The number of phenolic OH excluding ortho intramolecular Hbond substituents is 2. The third-order valence-corrected chi connectivity index (χ3v) is 1.35. The topological polar surface area (TPSA) is 90.2 Å². The van der Waals surface area contributed by atoms with Crippen molar-refractivity contribution >= 4 is 0 Å². The summed E-state index contributed by atoms with van der Waals surface area (Å²) in [6.45, 7) is -0.412. The van der Waals surface area contributed by atoms with Gasteiger partial charge in [0.1, 0.15) is 6.61 Å². The zero-order valence-corrected chi connectivity index (χ0v) is 6.71. The van der Waals surface area contributed by atoms with Gasteiger partial charge in [-0.3, -0.25) is 0 Å². The van der Waals surface area contributed by atoms with Gasteiger partial charge in [0, 0.05) is 0 Å². The smallest absolute Gasteiger partial charge is 0.203 e. The number of hydrogen-bond donors (Lipinski definition) is 4. The maximum atomic E-state index is 9.16. The van der Waals surface area contributed by atoms with Crippen LogP contribution >= 0.6 is 0 Å². The lowest BCUT2D eigenvalue weighted by Gasteiger charge is -2.09. The molecule has 1 rings (SSSR count). The second kappa shape index (κ2) is 3.97. The highest BCUT2D eigenvalue weighted by atomic mass is 16.5. The van der Waals surface area contributed by atoms with E-state index in [1.54, 1.807) is 0 Å². The van der Waals surface area contributed by atoms with Gasteiger partial charge < -0.3 is 25.2 Å². The summed E-state index contributed by atoms with van der Waals surface area (Å²) in [5, 5.41) is 35.2. The second-order valence-electron chi connectivity index (χ2n) is 2.42. The van der Waals surface area contributed by atoms with E-state index in [4.69, 9.17) is 25.2 Å². The van der Waals surface area contributed by atoms with Crippen molar-refractivity contribution in [3.05, 3.63) is 18.2 Å². The van der Waals surface area contributed by atoms with E-state index in [0.29, 0.717) is 0 Å². The molecule has 0 saturated carbocycles. The molecule has 0 heterocycles. The van der Waals surface area contributed by atoms with Gasteiger partial charge in [-0.25, -0.2) is 0 Å². The zero-order chi connectivity index (χ0) is 9.84. The first kappa shape index (κ1) is 9.63. The predicted octanol–water partition coefficient (Wildman–Crippen LogP) is -0.213. The van der Waals surface area contributed by atoms with E-state index in [1.165, 1.54) is 18.2 Å². The van der Waals surface area contributed by atoms with Crippen LogP contribution in [0.2, 0.25) is 0 Å². The summed E-state index contributed by atoms with van der Waals surface area (Å²) in [5.74, 6) is -0.656. The van der Waals surface area contributed by atoms with Crippen LogP contribution in [0.15, 0.2) is 18.2 Å². The van der Waals surface area contributed by atoms with Crippen LogP contribution in [0.5, 0.6) is 17.2 Å². The molecule has 0 aliphatic heterocycles. The van der Waals surface area contributed by atoms with Crippen LogP contribution in [-0.2, 0) is 0 Å². The highest BCUT2D eigenvalue weighted by Gasteiger charge is 2.09. The van der Waals surface area contributed by atoms with Crippen molar-refractivity contribution in [3.8, 4) is 17.2 Å². The monoisotopic (exact) mass is 186 g/mol. The number of aliphatic hydroxyl groups is 2. The number of phenols is 2. The number of rotatable bonds is 3. The molecule has 0 bridgehead atoms. The lowest BCUT2D eigenvalue weighted by molar-refractivity contribution is -0.0686. The Labute approximate surface area is 74.5 Å². The molecule has 0 saturated heterocycles. The van der Waals surface area contributed by atoms with Gasteiger partial charge in [0.25, 0.3) is 0 Å². The van der Waals surface area contributed by atoms with Crippen molar-refractivity contribution in [3.63, 3.8) is 0 Å². The summed E-state index contributed by atoms with van der Waals surface area (Å²) in [4.78, 5) is 0. The van der Waals surface area contributed by atoms with Gasteiger partial charge in [0.2, 0.25) is 5.75 Å². The molecule has 4 N–H and O–H groups in total. The lowest BCUT2D eigenvalue weighted by Crippen LogP contribution is -2.16. The molecule has 5 nitrogen and oxygen atoms in total. The van der Waals surface area contributed by atoms with Crippen LogP contribution in [0.4, 0.5) is 0 Å². The number of aliphatic hydroxyl groups excluding tert-OH is 1. The first-order chi connectivity index (χ1) is 6.11. The maximum absolute atomic E-state index is 9.16. The molecule has 1 aromatic rings. The Morgan fingerprint density at radius 2 is 1.69 bits per heavy atom. The first-order valence-corrected chi connectivity index (χ1v) is 3.61. The van der Waals surface area contributed by atoms with E-state index in [0.717, 1.165) is 0 Å². The first-order valence-electron chi connectivity index (χ1n) is 3.61. The summed E-state index contributed by atoms with van der Waals surface area (Å²) >= 11 is 0. The van der Waals surface area contributed by atoms with Crippen LogP contribution in [0.25, 0.3) is 0 Å². The van der Waals surface area contributed by atoms with Crippen LogP contribution in [0.3, 0.4) is 0 Å². The fourth-order valence-electron chi connectivity index (χ4n) is 0.819. The SMILES string of the molecule is Oc1cccc(O)c1OCC(O)O. The van der Waals surface area contributed by atoms with E-state index in [2.05, 4.69) is 0 Å². The Hall–Kier alpha value is -1.46. The Bertz CT molecular complexity index is 264. The molecule has 13 heavy (non-hydrogen) atoms. The van der Waals surface area contributed by atoms with E-state index in [1.807, 2.05) is 0 Å². The lowest BCUT2D eigenvalue weighted by atomic mass is 10.3. The van der Waals surface area contributed by atoms with E-state index in [9.17, 15) is 0 Å². The molecule has 0 aliphatic rings. The van der Waals surface area contributed by atoms with Gasteiger partial charge in [-0.2, -0.15) is 0 Å². The number of benzene rings is 1. The van der Waals surface area contributed by atoms with Gasteiger partial charge in [-0.1, -0.05) is 6.07 Å². The predicted molar refractivity (Wildman–Crippen MR) is 43.5 cm³/mol. The highest BCUT2D eigenvalue weighted by Crippen LogP contribution is 2.34. The van der Waals surface area contributed by atoms with Crippen LogP contribution in [0, 0.1) is 0 Å². The van der Waals surface area contributed by atoms with Crippen LogP contribution < -0.4 is 4.74 Å². The molecule has 0 unspecified atom stereocenters. The molecule has 5 heteroatoms. The van der Waals surface area contributed by atoms with Gasteiger partial charge in [0.15, 0.2) is 17.8 Å². The van der Waals surface area contributed by atoms with Crippen molar-refractivity contribution in [2.24, 2.45) is 0 Å². The third kappa shape index (κ3) is 2.50. The molecular formula is C8H10O5. The standard InChI is InChI=1S/C8H10O5/c9-5-2-1-3-6(10)8(5)13-4-7(11)12/h1-3,7,9-12H,4H2. The largest absolute Gasteiger partial charge is 0.504 e. The van der Waals surface area contributed by atoms with Crippen molar-refractivity contribution in [2.45, 2.75) is 6.29 Å². The Kier molecular flexibility index (Phi) is 2.94. The van der Waals surface area contributed by atoms with Crippen molar-refractivity contribution in [1.29, 1.82) is 0 Å². The quantitative estimate of drug-likeness (QED) is 0.490. The van der Waals surface area contributed by atoms with Gasteiger partial charge in [0.05, 0.1) is 0 Å². The summed E-state index contributed by atoms with van der Waals surface area (Å²) in [5.41, 5.74) is 0. The minimum Gasteiger partial charge on any atom is -0.504 e. The molecule has 0 fully saturated rings. The Morgan fingerprint density at radius 3 is 2.15 bits per heavy atom. The van der Waals surface area contributed by atoms with E-state index in [-0.39, 0.29) is 17.2 Å². The molecule has 0 radical (unpaired) electrons. The Morgan fingerprint density at radius 1 is 1.15 bits per heavy atom. The number of ether oxygens (including phenoxy) is 1. The summed E-state index contributed by atoms with van der Waals surface area (Å²) in [7, 11) is 0. The number of hydrogen-bond acceptors (Lipinski definition) is 5. The molecule has 0 atom stereocenters. The number of aromatic hydroxyl groups is 2. The minimum atomic E-state index is -1.64. The maximum Gasteiger partial charge on any atom is 0.203 e. The molecular weight excluding hydrogens is 176 g/mol. The zero-order valence-electron chi connectivity index (χ0n) is 6.71. The summed E-state index contributed by atoms with van der Waals surface area (Å²) in [6.07, 6.45) is -1.64. The molecule has 0 amide bonds. The van der Waals surface area contributed by atoms with Gasteiger partial charge in [-0.15, -0.1) is 0 Å². The molecule has 0 spiro atoms. The molecule has 0 aromatic heterocycles. The fraction of sp³-hybridized carbons (Fsp3) is 0.250. The van der Waals surface area contributed by atoms with E-state index >= 15 is 0 Å². The normalized spacial score (nSPS) is 10.4. The van der Waals surface area contributed by atoms with Gasteiger partial charge in [-0.05, 0) is 12.1 Å². The summed E-state index contributed by atoms with van der Waals surface area (Å²) < 4.78 is 4.73. The Balaban J connectivity index is 2.75. The highest BCUT2D eigenvalue weighted by molar-refractivity contribution is 5.49.